The lowest BCUT2D eigenvalue weighted by Gasteiger charge is -2.38. The van der Waals surface area contributed by atoms with Crippen molar-refractivity contribution in [3.63, 3.8) is 0 Å². The molecule has 4 rings (SSSR count). The molecule has 0 bridgehead atoms. The van der Waals surface area contributed by atoms with E-state index in [0.717, 1.165) is 5.69 Å². The smallest absolute Gasteiger partial charge is 0.262 e. The second-order valence-electron chi connectivity index (χ2n) is 6.99. The van der Waals surface area contributed by atoms with E-state index in [1.54, 1.807) is 25.5 Å². The van der Waals surface area contributed by atoms with Crippen LogP contribution in [0.3, 0.4) is 0 Å². The number of piperazine rings is 1. The molecule has 1 fully saturated rings. The van der Waals surface area contributed by atoms with Crippen molar-refractivity contribution in [1.29, 1.82) is 0 Å². The maximum atomic E-state index is 13.0. The number of nitrogens with zero attached hydrogens (tertiary/aromatic N) is 5. The predicted molar refractivity (Wildman–Crippen MR) is 108 cm³/mol. The van der Waals surface area contributed by atoms with Crippen LogP contribution in [0.1, 0.15) is 0 Å². The van der Waals surface area contributed by atoms with E-state index in [4.69, 9.17) is 4.74 Å². The van der Waals surface area contributed by atoms with Gasteiger partial charge in [-0.05, 0) is 18.2 Å². The number of carbonyl (C=O) groups excluding carboxylic acids is 2. The van der Waals surface area contributed by atoms with E-state index in [-0.39, 0.29) is 18.4 Å². The van der Waals surface area contributed by atoms with Gasteiger partial charge in [0.15, 0.2) is 6.10 Å². The first-order valence-corrected chi connectivity index (χ1v) is 9.67. The molecule has 29 heavy (non-hydrogen) atoms. The summed E-state index contributed by atoms with van der Waals surface area (Å²) < 4.78 is 5.81. The average molecular weight is 396 g/mol. The van der Waals surface area contributed by atoms with E-state index in [1.807, 2.05) is 34.1 Å². The largest absolute Gasteiger partial charge is 0.477 e. The Morgan fingerprint density at radius 3 is 2.55 bits per heavy atom. The van der Waals surface area contributed by atoms with Crippen molar-refractivity contribution in [2.45, 2.75) is 6.10 Å². The summed E-state index contributed by atoms with van der Waals surface area (Å²) >= 11 is 0. The molecule has 0 saturated carbocycles. The third kappa shape index (κ3) is 4.08. The monoisotopic (exact) mass is 396 g/mol. The molecule has 1 N–H and O–H groups in total. The van der Waals surface area contributed by atoms with Crippen LogP contribution >= 0.6 is 0 Å². The Labute approximate surface area is 169 Å². The van der Waals surface area contributed by atoms with Gasteiger partial charge in [-0.15, -0.1) is 0 Å². The molecule has 1 saturated heterocycles. The van der Waals surface area contributed by atoms with Gasteiger partial charge in [0.2, 0.25) is 11.9 Å². The lowest BCUT2D eigenvalue weighted by molar-refractivity contribution is -0.131. The minimum atomic E-state index is -0.644. The highest BCUT2D eigenvalue weighted by Crippen LogP contribution is 2.33. The van der Waals surface area contributed by atoms with Crippen LogP contribution < -0.4 is 19.9 Å². The summed E-state index contributed by atoms with van der Waals surface area (Å²) in [6.07, 6.45) is 2.80. The van der Waals surface area contributed by atoms with Gasteiger partial charge in [0.1, 0.15) is 5.75 Å². The number of anilines is 2. The minimum absolute atomic E-state index is 0.0333. The number of fused-ring (bicyclic) bond motifs is 1. The van der Waals surface area contributed by atoms with E-state index < -0.39 is 6.10 Å². The van der Waals surface area contributed by atoms with Crippen molar-refractivity contribution >= 4 is 23.5 Å². The first-order valence-electron chi connectivity index (χ1n) is 9.67. The molecule has 0 unspecified atom stereocenters. The molecular weight excluding hydrogens is 372 g/mol. The molecule has 2 aromatic rings. The lowest BCUT2D eigenvalue weighted by Crippen LogP contribution is -2.54. The van der Waals surface area contributed by atoms with Gasteiger partial charge in [0, 0.05) is 45.6 Å². The molecule has 3 heterocycles. The molecule has 9 heteroatoms. The molecule has 1 atom stereocenters. The standard InChI is InChI=1S/C20H24N6O3/c1-21-19(28)17-13-26(15-5-2-3-6-16(15)29-17)14-18(27)24-9-11-25(12-10-24)20-22-7-4-8-23-20/h2-8,17H,9-14H2,1H3,(H,21,28)/t17-/m0/s1. The number of benzene rings is 1. The molecule has 1 aromatic heterocycles. The van der Waals surface area contributed by atoms with Gasteiger partial charge in [-0.2, -0.15) is 0 Å². The Morgan fingerprint density at radius 1 is 1.10 bits per heavy atom. The molecule has 2 amide bonds. The van der Waals surface area contributed by atoms with Crippen LogP contribution in [-0.2, 0) is 9.59 Å². The Hall–Kier alpha value is -3.36. The summed E-state index contributed by atoms with van der Waals surface area (Å²) in [5.41, 5.74) is 0.831. The van der Waals surface area contributed by atoms with Crippen molar-refractivity contribution in [1.82, 2.24) is 20.2 Å². The van der Waals surface area contributed by atoms with Crippen LogP contribution in [0.25, 0.3) is 0 Å². The van der Waals surface area contributed by atoms with E-state index in [2.05, 4.69) is 20.2 Å². The predicted octanol–water partition coefficient (Wildman–Crippen LogP) is 0.139. The maximum Gasteiger partial charge on any atom is 0.262 e. The van der Waals surface area contributed by atoms with Crippen molar-refractivity contribution in [3.05, 3.63) is 42.7 Å². The Bertz CT molecular complexity index is 870. The van der Waals surface area contributed by atoms with E-state index in [0.29, 0.717) is 44.4 Å². The van der Waals surface area contributed by atoms with Gasteiger partial charge >= 0.3 is 0 Å². The second-order valence-corrected chi connectivity index (χ2v) is 6.99. The molecule has 2 aliphatic rings. The summed E-state index contributed by atoms with van der Waals surface area (Å²) in [7, 11) is 1.58. The van der Waals surface area contributed by atoms with Crippen molar-refractivity contribution < 1.29 is 14.3 Å². The zero-order valence-corrected chi connectivity index (χ0v) is 16.3. The summed E-state index contributed by atoms with van der Waals surface area (Å²) in [5, 5.41) is 2.62. The SMILES string of the molecule is CNC(=O)[C@@H]1CN(CC(=O)N2CCN(c3ncccn3)CC2)c2ccccc2O1. The number of rotatable bonds is 4. The Balaban J connectivity index is 1.41. The normalized spacial score (nSPS) is 18.7. The Morgan fingerprint density at radius 2 is 1.83 bits per heavy atom. The van der Waals surface area contributed by atoms with Crippen molar-refractivity contribution in [2.24, 2.45) is 0 Å². The van der Waals surface area contributed by atoms with E-state index >= 15 is 0 Å². The number of para-hydroxylation sites is 2. The summed E-state index contributed by atoms with van der Waals surface area (Å²) in [4.78, 5) is 39.5. The topological polar surface area (TPSA) is 90.9 Å². The average Bonchev–Trinajstić information content (AvgIpc) is 2.79. The summed E-state index contributed by atoms with van der Waals surface area (Å²) in [5.74, 6) is 1.14. The summed E-state index contributed by atoms with van der Waals surface area (Å²) in [6.45, 7) is 3.15. The number of amides is 2. The number of hydrogen-bond acceptors (Lipinski definition) is 7. The van der Waals surface area contributed by atoms with Crippen LogP contribution in [0.5, 0.6) is 5.75 Å². The third-order valence-electron chi connectivity index (χ3n) is 5.19. The molecule has 152 valence electrons. The third-order valence-corrected chi connectivity index (χ3v) is 5.19. The lowest BCUT2D eigenvalue weighted by atomic mass is 10.1. The molecular formula is C20H24N6O3. The summed E-state index contributed by atoms with van der Waals surface area (Å²) in [6, 6.07) is 9.28. The Kier molecular flexibility index (Phi) is 5.46. The van der Waals surface area contributed by atoms with Crippen LogP contribution in [-0.4, -0.2) is 79.1 Å². The number of nitrogens with one attached hydrogen (secondary N) is 1. The highest BCUT2D eigenvalue weighted by atomic mass is 16.5. The highest BCUT2D eigenvalue weighted by molar-refractivity contribution is 5.86. The fourth-order valence-electron chi connectivity index (χ4n) is 3.63. The molecule has 2 aliphatic heterocycles. The number of ether oxygens (including phenoxy) is 1. The van der Waals surface area contributed by atoms with Gasteiger partial charge < -0.3 is 24.8 Å². The van der Waals surface area contributed by atoms with Gasteiger partial charge in [-0.3, -0.25) is 9.59 Å². The van der Waals surface area contributed by atoms with Crippen LogP contribution in [0.4, 0.5) is 11.6 Å². The maximum absolute atomic E-state index is 13.0. The quantitative estimate of drug-likeness (QED) is 0.786. The van der Waals surface area contributed by atoms with Gasteiger partial charge in [-0.1, -0.05) is 12.1 Å². The van der Waals surface area contributed by atoms with Gasteiger partial charge in [0.25, 0.3) is 5.91 Å². The van der Waals surface area contributed by atoms with E-state index in [1.165, 1.54) is 0 Å². The minimum Gasteiger partial charge on any atom is -0.477 e. The van der Waals surface area contributed by atoms with Gasteiger partial charge in [0.05, 0.1) is 18.8 Å². The first-order chi connectivity index (χ1) is 14.2. The van der Waals surface area contributed by atoms with Crippen LogP contribution in [0.2, 0.25) is 0 Å². The molecule has 1 aromatic carbocycles. The van der Waals surface area contributed by atoms with Crippen LogP contribution in [0.15, 0.2) is 42.7 Å². The van der Waals surface area contributed by atoms with Crippen LogP contribution in [0, 0.1) is 0 Å². The van der Waals surface area contributed by atoms with E-state index in [9.17, 15) is 9.59 Å². The first kappa shape index (κ1) is 19.0. The molecule has 0 spiro atoms. The second kappa shape index (κ2) is 8.34. The number of hydrogen-bond donors (Lipinski definition) is 1. The molecule has 0 aliphatic carbocycles. The van der Waals surface area contributed by atoms with Crippen molar-refractivity contribution in [3.8, 4) is 5.75 Å². The fraction of sp³-hybridized carbons (Fsp3) is 0.400. The molecule has 0 radical (unpaired) electrons. The molecule has 9 nitrogen and oxygen atoms in total. The van der Waals surface area contributed by atoms with Gasteiger partial charge in [-0.25, -0.2) is 9.97 Å². The number of carbonyl (C=O) groups is 2. The zero-order valence-electron chi connectivity index (χ0n) is 16.3. The number of likely N-dealkylation sites (N-methyl/N-ethyl adjacent to an activating group) is 1. The number of aromatic nitrogens is 2. The highest BCUT2D eigenvalue weighted by Gasteiger charge is 2.32. The van der Waals surface area contributed by atoms with Crippen molar-refractivity contribution in [2.75, 3.05) is 56.1 Å². The fourth-order valence-corrected chi connectivity index (χ4v) is 3.63. The zero-order chi connectivity index (χ0) is 20.2.